The van der Waals surface area contributed by atoms with Crippen LogP contribution in [0.15, 0.2) is 29.3 Å². The fourth-order valence-corrected chi connectivity index (χ4v) is 4.18. The van der Waals surface area contributed by atoms with E-state index < -0.39 is 17.3 Å². The van der Waals surface area contributed by atoms with E-state index in [9.17, 15) is 18.4 Å². The maximum Gasteiger partial charge on any atom is 0.417 e. The summed E-state index contributed by atoms with van der Waals surface area (Å²) in [6, 6.07) is 8.00. The van der Waals surface area contributed by atoms with Crippen molar-refractivity contribution in [2.45, 2.75) is 71.0 Å². The number of unbranched alkanes of at least 4 members (excludes halogenated alkanes) is 3. The average Bonchev–Trinajstić information content (AvgIpc) is 2.73. The van der Waals surface area contributed by atoms with Gasteiger partial charge in [-0.05, 0) is 61.3 Å². The second kappa shape index (κ2) is 12.2. The van der Waals surface area contributed by atoms with E-state index >= 15 is 0 Å². The van der Waals surface area contributed by atoms with Gasteiger partial charge < -0.3 is 4.74 Å². The van der Waals surface area contributed by atoms with Crippen LogP contribution in [0.5, 0.6) is 5.75 Å². The second-order valence-electron chi connectivity index (χ2n) is 8.27. The third kappa shape index (κ3) is 7.44. The molecule has 0 spiro atoms. The van der Waals surface area contributed by atoms with Crippen molar-refractivity contribution in [3.63, 3.8) is 0 Å². The minimum atomic E-state index is -4.63. The van der Waals surface area contributed by atoms with Crippen molar-refractivity contribution in [3.05, 3.63) is 41.0 Å². The molecule has 0 aliphatic carbocycles. The molecule has 1 aromatic heterocycles. The normalized spacial score (nSPS) is 11.6. The Bertz CT molecular complexity index is 936. The molecule has 0 atom stereocenters. The first-order chi connectivity index (χ1) is 15.2. The smallest absolute Gasteiger partial charge is 0.417 e. The molecule has 0 fully saturated rings. The third-order valence-corrected chi connectivity index (χ3v) is 6.13. The van der Waals surface area contributed by atoms with E-state index in [1.165, 1.54) is 11.8 Å². The number of hydrogen-bond donors (Lipinski definition) is 0. The van der Waals surface area contributed by atoms with E-state index in [0.717, 1.165) is 43.7 Å². The molecule has 3 nitrogen and oxygen atoms in total. The highest BCUT2D eigenvalue weighted by Crippen LogP contribution is 2.38. The lowest BCUT2D eigenvalue weighted by Gasteiger charge is -2.15. The van der Waals surface area contributed by atoms with Crippen LogP contribution in [0.3, 0.4) is 0 Å². The largest absolute Gasteiger partial charge is 0.493 e. The van der Waals surface area contributed by atoms with Crippen molar-refractivity contribution in [2.24, 2.45) is 5.92 Å². The monoisotopic (exact) mass is 464 g/mol. The molecule has 2 rings (SSSR count). The van der Waals surface area contributed by atoms with Crippen LogP contribution in [0, 0.1) is 24.2 Å². The van der Waals surface area contributed by atoms with Gasteiger partial charge in [0.1, 0.15) is 16.8 Å². The molecule has 0 aliphatic heterocycles. The van der Waals surface area contributed by atoms with Crippen LogP contribution < -0.4 is 4.74 Å². The van der Waals surface area contributed by atoms with Crippen molar-refractivity contribution in [3.8, 4) is 23.1 Å². The van der Waals surface area contributed by atoms with Gasteiger partial charge in [0.05, 0.1) is 23.4 Å². The Kier molecular flexibility index (Phi) is 9.89. The summed E-state index contributed by atoms with van der Waals surface area (Å²) in [5, 5.41) is 9.59. The highest BCUT2D eigenvalue weighted by Gasteiger charge is 2.36. The lowest BCUT2D eigenvalue weighted by molar-refractivity contribution is -0.138. The van der Waals surface area contributed by atoms with Crippen LogP contribution in [0.4, 0.5) is 13.2 Å². The van der Waals surface area contributed by atoms with E-state index in [2.05, 4.69) is 25.8 Å². The Morgan fingerprint density at radius 2 is 1.91 bits per heavy atom. The van der Waals surface area contributed by atoms with Gasteiger partial charge in [-0.3, -0.25) is 0 Å². The van der Waals surface area contributed by atoms with Crippen LogP contribution in [-0.2, 0) is 6.18 Å². The number of thioether (sulfide) groups is 1. The molecular weight excluding hydrogens is 433 g/mol. The molecule has 0 N–H and O–H groups in total. The molecule has 0 bridgehead atoms. The van der Waals surface area contributed by atoms with Crippen molar-refractivity contribution in [1.29, 1.82) is 5.26 Å². The summed E-state index contributed by atoms with van der Waals surface area (Å²) in [6.07, 6.45) is 0.336. The minimum absolute atomic E-state index is 0.142. The maximum absolute atomic E-state index is 13.7. The van der Waals surface area contributed by atoms with Gasteiger partial charge in [0, 0.05) is 5.56 Å². The van der Waals surface area contributed by atoms with Crippen molar-refractivity contribution in [1.82, 2.24) is 4.98 Å². The van der Waals surface area contributed by atoms with E-state index in [1.807, 2.05) is 6.92 Å². The predicted octanol–water partition coefficient (Wildman–Crippen LogP) is 8.04. The number of benzene rings is 1. The summed E-state index contributed by atoms with van der Waals surface area (Å²) in [6.45, 7) is 8.79. The number of nitriles is 1. The molecule has 1 heterocycles. The lowest BCUT2D eigenvalue weighted by Crippen LogP contribution is -2.10. The summed E-state index contributed by atoms with van der Waals surface area (Å²) in [4.78, 5) is 4.46. The van der Waals surface area contributed by atoms with Crippen LogP contribution in [0.25, 0.3) is 11.3 Å². The number of halogens is 3. The molecular formula is C25H31F3N2OS. The minimum Gasteiger partial charge on any atom is -0.493 e. The molecule has 0 unspecified atom stereocenters. The van der Waals surface area contributed by atoms with Crippen molar-refractivity contribution in [2.75, 3.05) is 12.4 Å². The van der Waals surface area contributed by atoms with Gasteiger partial charge in [-0.15, -0.1) is 11.8 Å². The number of ether oxygens (including phenoxy) is 1. The Morgan fingerprint density at radius 3 is 2.50 bits per heavy atom. The van der Waals surface area contributed by atoms with Gasteiger partial charge >= 0.3 is 6.18 Å². The molecule has 174 valence electrons. The van der Waals surface area contributed by atoms with E-state index in [1.54, 1.807) is 24.3 Å². The molecule has 0 saturated heterocycles. The third-order valence-electron chi connectivity index (χ3n) is 5.06. The standard InChI is InChI=1S/C25H31F3N2OS/c1-5-6-7-8-13-32-24-20(16-29)21(25(26,27)28)15-22(30-24)19-9-10-23(18(4)14-19)31-12-11-17(2)3/h9-10,14-15,17H,5-8,11-13H2,1-4H3. The van der Waals surface area contributed by atoms with Crippen molar-refractivity contribution >= 4 is 11.8 Å². The molecule has 2 aromatic rings. The Hall–Kier alpha value is -2.20. The van der Waals surface area contributed by atoms with Crippen LogP contribution in [0.2, 0.25) is 0 Å². The molecule has 0 saturated carbocycles. The first kappa shape index (κ1) is 26.1. The zero-order valence-electron chi connectivity index (χ0n) is 19.2. The van der Waals surface area contributed by atoms with Crippen LogP contribution in [0.1, 0.15) is 69.6 Å². The SMILES string of the molecule is CCCCCCSc1nc(-c2ccc(OCCC(C)C)c(C)c2)cc(C(F)(F)F)c1C#N. The molecule has 7 heteroatoms. The summed E-state index contributed by atoms with van der Waals surface area (Å²) in [5.41, 5.74) is 0.286. The number of aromatic nitrogens is 1. The zero-order valence-corrected chi connectivity index (χ0v) is 20.0. The lowest BCUT2D eigenvalue weighted by atomic mass is 10.0. The Morgan fingerprint density at radius 1 is 1.16 bits per heavy atom. The van der Waals surface area contributed by atoms with Gasteiger partial charge in [0.15, 0.2) is 0 Å². The quantitative estimate of drug-likeness (QED) is 0.249. The van der Waals surface area contributed by atoms with Crippen molar-refractivity contribution < 1.29 is 17.9 Å². The highest BCUT2D eigenvalue weighted by atomic mass is 32.2. The molecule has 0 radical (unpaired) electrons. The molecule has 1 aromatic carbocycles. The van der Waals surface area contributed by atoms with Crippen LogP contribution >= 0.6 is 11.8 Å². The summed E-state index contributed by atoms with van der Waals surface area (Å²) >= 11 is 1.22. The first-order valence-corrected chi connectivity index (χ1v) is 12.0. The van der Waals surface area contributed by atoms with Gasteiger partial charge in [-0.1, -0.05) is 40.0 Å². The molecule has 0 amide bonds. The zero-order chi connectivity index (χ0) is 23.7. The Labute approximate surface area is 193 Å². The van der Waals surface area contributed by atoms with E-state index in [4.69, 9.17) is 4.74 Å². The topological polar surface area (TPSA) is 45.9 Å². The Balaban J connectivity index is 2.37. The predicted molar refractivity (Wildman–Crippen MR) is 124 cm³/mol. The second-order valence-corrected chi connectivity index (χ2v) is 9.35. The van der Waals surface area contributed by atoms with E-state index in [-0.39, 0.29) is 10.7 Å². The van der Waals surface area contributed by atoms with Gasteiger partial charge in [-0.2, -0.15) is 18.4 Å². The van der Waals surface area contributed by atoms with Gasteiger partial charge in [0.25, 0.3) is 0 Å². The summed E-state index contributed by atoms with van der Waals surface area (Å²) in [7, 11) is 0. The van der Waals surface area contributed by atoms with Gasteiger partial charge in [0.2, 0.25) is 0 Å². The molecule has 32 heavy (non-hydrogen) atoms. The number of pyridine rings is 1. The fourth-order valence-electron chi connectivity index (χ4n) is 3.18. The number of rotatable bonds is 11. The molecule has 0 aliphatic rings. The highest BCUT2D eigenvalue weighted by molar-refractivity contribution is 7.99. The summed E-state index contributed by atoms with van der Waals surface area (Å²) in [5.74, 6) is 1.87. The number of nitrogens with zero attached hydrogens (tertiary/aromatic N) is 2. The fraction of sp³-hybridized carbons (Fsp3) is 0.520. The first-order valence-electron chi connectivity index (χ1n) is 11.1. The number of alkyl halides is 3. The van der Waals surface area contributed by atoms with Crippen LogP contribution in [-0.4, -0.2) is 17.3 Å². The number of aryl methyl sites for hydroxylation is 1. The number of hydrogen-bond acceptors (Lipinski definition) is 4. The van der Waals surface area contributed by atoms with Gasteiger partial charge in [-0.25, -0.2) is 4.98 Å². The van der Waals surface area contributed by atoms with E-state index in [0.29, 0.717) is 29.6 Å². The summed E-state index contributed by atoms with van der Waals surface area (Å²) < 4.78 is 47.0. The maximum atomic E-state index is 13.7. The average molecular weight is 465 g/mol.